The van der Waals surface area contributed by atoms with Gasteiger partial charge in [0.2, 0.25) is 0 Å². The van der Waals surface area contributed by atoms with Crippen molar-refractivity contribution in [3.8, 4) is 5.75 Å². The predicted octanol–water partition coefficient (Wildman–Crippen LogP) is 2.46. The van der Waals surface area contributed by atoms with Gasteiger partial charge in [0, 0.05) is 0 Å². The highest BCUT2D eigenvalue weighted by Gasteiger charge is 1.97. The lowest BCUT2D eigenvalue weighted by Gasteiger charge is -1.99. The molecule has 0 spiro atoms. The Morgan fingerprint density at radius 2 is 2.40 bits per heavy atom. The zero-order chi connectivity index (χ0) is 7.56. The van der Waals surface area contributed by atoms with Crippen molar-refractivity contribution < 1.29 is 4.74 Å². The van der Waals surface area contributed by atoms with E-state index in [1.54, 1.807) is 13.3 Å². The summed E-state index contributed by atoms with van der Waals surface area (Å²) in [6, 6.07) is 1.88. The Bertz CT molecular complexity index is 241. The van der Waals surface area contributed by atoms with Crippen LogP contribution in [0.1, 0.15) is 0 Å². The second kappa shape index (κ2) is 3.52. The van der Waals surface area contributed by atoms with Crippen molar-refractivity contribution >= 4 is 38.5 Å². The van der Waals surface area contributed by atoms with Crippen LogP contribution in [0.25, 0.3) is 0 Å². The molecule has 0 unspecified atom stereocenters. The van der Waals surface area contributed by atoms with E-state index in [9.17, 15) is 0 Å². The molecule has 10 heavy (non-hydrogen) atoms. The second-order valence-corrected chi connectivity index (χ2v) is 3.52. The Hall–Kier alpha value is 0.160. The molecule has 0 atom stereocenters. The minimum Gasteiger partial charge on any atom is -0.495 e. The van der Waals surface area contributed by atoms with Crippen LogP contribution in [-0.2, 0) is 0 Å². The van der Waals surface area contributed by atoms with Gasteiger partial charge in [-0.25, -0.2) is 4.98 Å². The molecule has 0 aliphatic carbocycles. The summed E-state index contributed by atoms with van der Waals surface area (Å²) in [7, 11) is 1.62. The Labute approximate surface area is 81.3 Å². The smallest absolute Gasteiger partial charge is 0.138 e. The number of hydrogen-bond donors (Lipinski definition) is 0. The Kier molecular flexibility index (Phi) is 2.91. The van der Waals surface area contributed by atoms with Crippen LogP contribution in [0.3, 0.4) is 0 Å². The van der Waals surface area contributed by atoms with Gasteiger partial charge in [-0.05, 0) is 44.6 Å². The topological polar surface area (TPSA) is 22.1 Å². The first-order chi connectivity index (χ1) is 4.74. The van der Waals surface area contributed by atoms with Crippen molar-refractivity contribution in [3.05, 3.63) is 20.4 Å². The van der Waals surface area contributed by atoms with E-state index in [0.717, 1.165) is 13.9 Å². The number of nitrogens with zero attached hydrogens (tertiary/aromatic N) is 1. The standard InChI is InChI=1S/C6H5BrINO/c1-10-4-2-5(7)6(8)9-3-4/h2-3H,1H3. The number of methoxy groups -OCH3 is 1. The fraction of sp³-hybridized carbons (Fsp3) is 0.167. The van der Waals surface area contributed by atoms with Crippen molar-refractivity contribution in [2.75, 3.05) is 7.11 Å². The van der Waals surface area contributed by atoms with Crippen molar-refractivity contribution in [1.29, 1.82) is 0 Å². The van der Waals surface area contributed by atoms with Gasteiger partial charge in [0.1, 0.15) is 9.45 Å². The minimum atomic E-state index is 0.771. The fourth-order valence-electron chi connectivity index (χ4n) is 0.515. The maximum atomic E-state index is 4.95. The zero-order valence-corrected chi connectivity index (χ0v) is 9.01. The summed E-state index contributed by atoms with van der Waals surface area (Å²) in [4.78, 5) is 4.06. The largest absolute Gasteiger partial charge is 0.495 e. The fourth-order valence-corrected chi connectivity index (χ4v) is 1.14. The van der Waals surface area contributed by atoms with E-state index in [1.165, 1.54) is 0 Å². The quantitative estimate of drug-likeness (QED) is 0.587. The third-order valence-electron chi connectivity index (χ3n) is 1.01. The number of pyridine rings is 1. The normalized spacial score (nSPS) is 9.50. The summed E-state index contributed by atoms with van der Waals surface area (Å²) >= 11 is 5.48. The van der Waals surface area contributed by atoms with Gasteiger partial charge >= 0.3 is 0 Å². The molecule has 1 aromatic rings. The van der Waals surface area contributed by atoms with Gasteiger partial charge in [-0.2, -0.15) is 0 Å². The van der Waals surface area contributed by atoms with Crippen LogP contribution < -0.4 is 4.74 Å². The summed E-state index contributed by atoms with van der Waals surface area (Å²) in [6.45, 7) is 0. The van der Waals surface area contributed by atoms with Gasteiger partial charge in [0.15, 0.2) is 0 Å². The predicted molar refractivity (Wildman–Crippen MR) is 51.2 cm³/mol. The van der Waals surface area contributed by atoms with Crippen LogP contribution in [0.15, 0.2) is 16.7 Å². The molecule has 0 saturated heterocycles. The van der Waals surface area contributed by atoms with E-state index in [0.29, 0.717) is 0 Å². The van der Waals surface area contributed by atoms with Gasteiger partial charge in [-0.1, -0.05) is 0 Å². The van der Waals surface area contributed by atoms with Gasteiger partial charge in [-0.15, -0.1) is 0 Å². The van der Waals surface area contributed by atoms with Crippen molar-refractivity contribution in [2.24, 2.45) is 0 Å². The molecule has 0 saturated carbocycles. The van der Waals surface area contributed by atoms with Crippen molar-refractivity contribution in [1.82, 2.24) is 4.98 Å². The zero-order valence-electron chi connectivity index (χ0n) is 5.27. The monoisotopic (exact) mass is 313 g/mol. The number of aromatic nitrogens is 1. The number of hydrogen-bond acceptors (Lipinski definition) is 2. The highest BCUT2D eigenvalue weighted by molar-refractivity contribution is 14.1. The molecule has 1 aromatic heterocycles. The lowest BCUT2D eigenvalue weighted by molar-refractivity contribution is 0.412. The highest BCUT2D eigenvalue weighted by Crippen LogP contribution is 2.21. The first-order valence-corrected chi connectivity index (χ1v) is 4.46. The van der Waals surface area contributed by atoms with Crippen molar-refractivity contribution in [2.45, 2.75) is 0 Å². The van der Waals surface area contributed by atoms with Gasteiger partial charge in [0.05, 0.1) is 17.8 Å². The summed E-state index contributed by atoms with van der Waals surface area (Å²) in [5.41, 5.74) is 0. The number of halogens is 2. The third kappa shape index (κ3) is 1.82. The molecule has 0 bridgehead atoms. The summed E-state index contributed by atoms with van der Waals surface area (Å²) < 4.78 is 6.86. The average molecular weight is 314 g/mol. The summed E-state index contributed by atoms with van der Waals surface area (Å²) in [5, 5.41) is 0. The highest BCUT2D eigenvalue weighted by atomic mass is 127. The average Bonchev–Trinajstić information content (AvgIpc) is 1.95. The second-order valence-electron chi connectivity index (χ2n) is 1.65. The van der Waals surface area contributed by atoms with Crippen LogP contribution in [0.4, 0.5) is 0 Å². The summed E-state index contributed by atoms with van der Waals surface area (Å²) in [6.07, 6.45) is 1.69. The molecule has 0 aromatic carbocycles. The van der Waals surface area contributed by atoms with Crippen LogP contribution in [-0.4, -0.2) is 12.1 Å². The van der Waals surface area contributed by atoms with Crippen LogP contribution in [0, 0.1) is 3.70 Å². The van der Waals surface area contributed by atoms with Gasteiger partial charge < -0.3 is 4.74 Å². The van der Waals surface area contributed by atoms with Gasteiger partial charge in [-0.3, -0.25) is 0 Å². The Balaban J connectivity index is 3.04. The maximum Gasteiger partial charge on any atom is 0.138 e. The molecule has 4 heteroatoms. The van der Waals surface area contributed by atoms with Crippen LogP contribution in [0.5, 0.6) is 5.75 Å². The third-order valence-corrected chi connectivity index (χ3v) is 3.21. The molecule has 0 aliphatic heterocycles. The first-order valence-electron chi connectivity index (χ1n) is 2.59. The first kappa shape index (κ1) is 8.26. The molecule has 1 rings (SSSR count). The van der Waals surface area contributed by atoms with E-state index in [2.05, 4.69) is 43.5 Å². The van der Waals surface area contributed by atoms with E-state index < -0.39 is 0 Å². The molecule has 0 fully saturated rings. The lowest BCUT2D eigenvalue weighted by atomic mass is 10.5. The minimum absolute atomic E-state index is 0.771. The Morgan fingerprint density at radius 3 is 2.90 bits per heavy atom. The summed E-state index contributed by atoms with van der Waals surface area (Å²) in [5.74, 6) is 0.771. The molecule has 0 N–H and O–H groups in total. The molecule has 0 radical (unpaired) electrons. The molecule has 0 amide bonds. The molecule has 54 valence electrons. The van der Waals surface area contributed by atoms with E-state index in [1.807, 2.05) is 6.07 Å². The lowest BCUT2D eigenvalue weighted by Crippen LogP contribution is -1.86. The maximum absolute atomic E-state index is 4.95. The van der Waals surface area contributed by atoms with Crippen LogP contribution in [0.2, 0.25) is 0 Å². The SMILES string of the molecule is COc1cnc(I)c(Br)c1. The molecule has 0 aliphatic rings. The number of rotatable bonds is 1. The molecule has 1 heterocycles. The molecular formula is C6H5BrINO. The van der Waals surface area contributed by atoms with Gasteiger partial charge in [0.25, 0.3) is 0 Å². The van der Waals surface area contributed by atoms with Crippen molar-refractivity contribution in [3.63, 3.8) is 0 Å². The molecular weight excluding hydrogens is 309 g/mol. The van der Waals surface area contributed by atoms with E-state index in [-0.39, 0.29) is 0 Å². The molecule has 2 nitrogen and oxygen atoms in total. The van der Waals surface area contributed by atoms with Crippen LogP contribution >= 0.6 is 38.5 Å². The number of ether oxygens (including phenoxy) is 1. The van der Waals surface area contributed by atoms with E-state index >= 15 is 0 Å². The van der Waals surface area contributed by atoms with E-state index in [4.69, 9.17) is 4.74 Å². The Morgan fingerprint density at radius 1 is 1.70 bits per heavy atom.